The van der Waals surface area contributed by atoms with Gasteiger partial charge >= 0.3 is 6.09 Å². The maximum Gasteiger partial charge on any atom is 0.411 e. The normalized spacial score (nSPS) is 23.4. The van der Waals surface area contributed by atoms with Crippen LogP contribution in [0.3, 0.4) is 0 Å². The molecule has 10 nitrogen and oxygen atoms in total. The standard InChI is InChI=1S/C34H63N3O7S/c1-3-5-7-9-11-13-15-17-19-21-23-35-32(42)26(36-28(38)22-20-18-16-14-12-10-8-6-4-2)25-45-33-31(41)30(40)29(39)27-24-44-34(43)37(27)33/h26-27,29-31,33,39-41H,3-25H2,1-2H3,(H,35,42)(H,36,38)/t26-,27?,29+,30?,31?,33+/m0/s1. The summed E-state index contributed by atoms with van der Waals surface area (Å²) in [6.45, 7) is 4.87. The molecule has 3 amide bonds. The fraction of sp³-hybridized carbons (Fsp3) is 0.912. The summed E-state index contributed by atoms with van der Waals surface area (Å²) < 4.78 is 5.08. The highest BCUT2D eigenvalue weighted by molar-refractivity contribution is 8.00. The van der Waals surface area contributed by atoms with Crippen LogP contribution in [-0.2, 0) is 14.3 Å². The molecule has 0 aromatic carbocycles. The molecule has 0 saturated carbocycles. The Hall–Kier alpha value is -1.56. The number of cyclic esters (lactones) is 1. The van der Waals surface area contributed by atoms with Crippen LogP contribution in [0.15, 0.2) is 0 Å². The second kappa shape index (κ2) is 23.7. The Morgan fingerprint density at radius 1 is 0.778 bits per heavy atom. The first-order chi connectivity index (χ1) is 21.8. The first-order valence-corrected chi connectivity index (χ1v) is 19.0. The van der Waals surface area contributed by atoms with Crippen molar-refractivity contribution >= 4 is 29.7 Å². The summed E-state index contributed by atoms with van der Waals surface area (Å²) in [7, 11) is 0. The minimum absolute atomic E-state index is 0.0842. The van der Waals surface area contributed by atoms with Crippen molar-refractivity contribution in [2.75, 3.05) is 18.9 Å². The van der Waals surface area contributed by atoms with Crippen molar-refractivity contribution in [2.45, 2.75) is 178 Å². The van der Waals surface area contributed by atoms with Gasteiger partial charge in [-0.2, -0.15) is 0 Å². The first-order valence-electron chi connectivity index (χ1n) is 18.0. The van der Waals surface area contributed by atoms with E-state index in [1.54, 1.807) is 0 Å². The highest BCUT2D eigenvalue weighted by atomic mass is 32.2. The fourth-order valence-electron chi connectivity index (χ4n) is 6.13. The summed E-state index contributed by atoms with van der Waals surface area (Å²) in [6, 6.07) is -1.64. The van der Waals surface area contributed by atoms with Gasteiger partial charge in [-0.05, 0) is 12.8 Å². The number of nitrogens with one attached hydrogen (secondary N) is 2. The van der Waals surface area contributed by atoms with Gasteiger partial charge in [0.15, 0.2) is 0 Å². The molecule has 3 unspecified atom stereocenters. The molecule has 0 spiro atoms. The van der Waals surface area contributed by atoms with E-state index in [4.69, 9.17) is 4.74 Å². The molecule has 2 saturated heterocycles. The van der Waals surface area contributed by atoms with E-state index in [-0.39, 0.29) is 24.2 Å². The Kier molecular flexibility index (Phi) is 20.9. The van der Waals surface area contributed by atoms with Crippen LogP contribution in [0.25, 0.3) is 0 Å². The molecule has 262 valence electrons. The van der Waals surface area contributed by atoms with Gasteiger partial charge in [0, 0.05) is 18.7 Å². The maximum absolute atomic E-state index is 13.2. The number of thioether (sulfide) groups is 1. The number of piperidine rings is 1. The molecule has 45 heavy (non-hydrogen) atoms. The van der Waals surface area contributed by atoms with E-state index in [0.717, 1.165) is 50.3 Å². The van der Waals surface area contributed by atoms with Crippen molar-refractivity contribution in [3.63, 3.8) is 0 Å². The van der Waals surface area contributed by atoms with E-state index in [0.29, 0.717) is 13.0 Å². The first kappa shape index (κ1) is 39.6. The molecule has 11 heteroatoms. The summed E-state index contributed by atoms with van der Waals surface area (Å²) in [5.41, 5.74) is 0. The van der Waals surface area contributed by atoms with Crippen LogP contribution in [0, 0.1) is 0 Å². The Morgan fingerprint density at radius 3 is 1.84 bits per heavy atom. The highest BCUT2D eigenvalue weighted by Crippen LogP contribution is 2.35. The molecule has 0 bridgehead atoms. The minimum atomic E-state index is -1.46. The van der Waals surface area contributed by atoms with E-state index in [1.165, 1.54) is 88.4 Å². The summed E-state index contributed by atoms with van der Waals surface area (Å²) >= 11 is 1.10. The van der Waals surface area contributed by atoms with Gasteiger partial charge < -0.3 is 30.7 Å². The van der Waals surface area contributed by atoms with Gasteiger partial charge in [-0.25, -0.2) is 4.79 Å². The number of hydrogen-bond donors (Lipinski definition) is 5. The number of unbranched alkanes of at least 4 members (excludes halogenated alkanes) is 17. The van der Waals surface area contributed by atoms with Gasteiger partial charge in [0.05, 0.1) is 6.04 Å². The molecule has 2 aliphatic rings. The van der Waals surface area contributed by atoms with Crippen molar-refractivity contribution in [1.82, 2.24) is 15.5 Å². The summed E-state index contributed by atoms with van der Waals surface area (Å²) in [5.74, 6) is -0.407. The van der Waals surface area contributed by atoms with Crippen LogP contribution in [0.5, 0.6) is 0 Å². The third kappa shape index (κ3) is 14.8. The largest absolute Gasteiger partial charge is 0.447 e. The zero-order valence-corrected chi connectivity index (χ0v) is 28.9. The van der Waals surface area contributed by atoms with Crippen molar-refractivity contribution in [3.8, 4) is 0 Å². The lowest BCUT2D eigenvalue weighted by molar-refractivity contribution is -0.128. The SMILES string of the molecule is CCCCCCCCCCCCNC(=O)[C@H](CS[C@@H]1C(O)C(O)[C@H](O)C2COC(=O)N21)NC(=O)CCCCCCCCCCC. The number of amides is 3. The van der Waals surface area contributed by atoms with Crippen molar-refractivity contribution in [2.24, 2.45) is 0 Å². The molecule has 0 radical (unpaired) electrons. The predicted molar refractivity (Wildman–Crippen MR) is 180 cm³/mol. The van der Waals surface area contributed by atoms with Gasteiger partial charge in [0.25, 0.3) is 0 Å². The number of carbonyl (C=O) groups excluding carboxylic acids is 3. The monoisotopic (exact) mass is 657 g/mol. The molecular formula is C34H63N3O7S. The van der Waals surface area contributed by atoms with Crippen molar-refractivity contribution in [3.05, 3.63) is 0 Å². The molecule has 2 aliphatic heterocycles. The molecule has 0 aromatic heterocycles. The molecule has 0 aliphatic carbocycles. The van der Waals surface area contributed by atoms with Gasteiger partial charge in [-0.15, -0.1) is 11.8 Å². The maximum atomic E-state index is 13.2. The van der Waals surface area contributed by atoms with Crippen LogP contribution in [0.1, 0.15) is 142 Å². The zero-order chi connectivity index (χ0) is 32.9. The lowest BCUT2D eigenvalue weighted by atomic mass is 9.95. The number of aliphatic hydroxyl groups excluding tert-OH is 3. The summed E-state index contributed by atoms with van der Waals surface area (Å²) in [4.78, 5) is 39.7. The summed E-state index contributed by atoms with van der Waals surface area (Å²) in [5, 5.41) is 36.4. The second-order valence-corrected chi connectivity index (χ2v) is 14.1. The van der Waals surface area contributed by atoms with Crippen LogP contribution in [-0.4, -0.2) is 92.8 Å². The number of rotatable bonds is 26. The number of nitrogens with zero attached hydrogens (tertiary/aromatic N) is 1. The van der Waals surface area contributed by atoms with Gasteiger partial charge in [-0.1, -0.05) is 123 Å². The third-order valence-electron chi connectivity index (χ3n) is 9.03. The fourth-order valence-corrected chi connectivity index (χ4v) is 7.52. The molecule has 2 fully saturated rings. The summed E-state index contributed by atoms with van der Waals surface area (Å²) in [6.07, 6.45) is 17.7. The smallest absolute Gasteiger partial charge is 0.411 e. The van der Waals surface area contributed by atoms with E-state index >= 15 is 0 Å². The average molecular weight is 658 g/mol. The Bertz CT molecular complexity index is 836. The Labute approximate surface area is 276 Å². The number of carbonyl (C=O) groups is 3. The lowest BCUT2D eigenvalue weighted by Crippen LogP contribution is -2.64. The van der Waals surface area contributed by atoms with Crippen LogP contribution < -0.4 is 10.6 Å². The van der Waals surface area contributed by atoms with E-state index in [2.05, 4.69) is 24.5 Å². The number of hydrogen-bond acceptors (Lipinski definition) is 8. The van der Waals surface area contributed by atoms with Crippen LogP contribution in [0.2, 0.25) is 0 Å². The van der Waals surface area contributed by atoms with E-state index in [9.17, 15) is 29.7 Å². The Balaban J connectivity index is 1.82. The average Bonchev–Trinajstić information content (AvgIpc) is 3.42. The topological polar surface area (TPSA) is 148 Å². The molecule has 5 N–H and O–H groups in total. The van der Waals surface area contributed by atoms with E-state index < -0.39 is 41.9 Å². The van der Waals surface area contributed by atoms with Crippen molar-refractivity contribution < 1.29 is 34.4 Å². The molecular weight excluding hydrogens is 594 g/mol. The van der Waals surface area contributed by atoms with Gasteiger partial charge in [0.1, 0.15) is 36.3 Å². The highest BCUT2D eigenvalue weighted by Gasteiger charge is 2.54. The lowest BCUT2D eigenvalue weighted by Gasteiger charge is -2.44. The second-order valence-electron chi connectivity index (χ2n) is 12.9. The van der Waals surface area contributed by atoms with Gasteiger partial charge in [-0.3, -0.25) is 14.5 Å². The quantitative estimate of drug-likeness (QED) is 0.0777. The molecule has 0 aromatic rings. The third-order valence-corrected chi connectivity index (χ3v) is 10.4. The van der Waals surface area contributed by atoms with Crippen LogP contribution >= 0.6 is 11.8 Å². The zero-order valence-electron chi connectivity index (χ0n) is 28.1. The Morgan fingerprint density at radius 2 is 1.29 bits per heavy atom. The molecule has 2 rings (SSSR count). The number of ether oxygens (including phenoxy) is 1. The molecule has 2 heterocycles. The van der Waals surface area contributed by atoms with E-state index in [1.807, 2.05) is 0 Å². The number of aliphatic hydroxyl groups is 3. The van der Waals surface area contributed by atoms with Crippen LogP contribution in [0.4, 0.5) is 4.79 Å². The minimum Gasteiger partial charge on any atom is -0.447 e. The molecule has 6 atom stereocenters. The van der Waals surface area contributed by atoms with Crippen molar-refractivity contribution in [1.29, 1.82) is 0 Å². The number of fused-ring (bicyclic) bond motifs is 1. The predicted octanol–water partition coefficient (Wildman–Crippen LogP) is 5.41. The van der Waals surface area contributed by atoms with Gasteiger partial charge in [0.2, 0.25) is 11.8 Å².